The van der Waals surface area contributed by atoms with Crippen LogP contribution in [0.5, 0.6) is 5.75 Å². The zero-order valence-corrected chi connectivity index (χ0v) is 17.1. The van der Waals surface area contributed by atoms with Gasteiger partial charge in [0.25, 0.3) is 0 Å². The molecule has 0 saturated carbocycles. The molecular formula is C24H18FN5O2. The summed E-state index contributed by atoms with van der Waals surface area (Å²) in [6, 6.07) is 22.7. The van der Waals surface area contributed by atoms with E-state index in [0.717, 1.165) is 16.8 Å². The number of aliphatic imine (C=N–C) groups is 1. The lowest BCUT2D eigenvalue weighted by molar-refractivity contribution is 0.195. The topological polar surface area (TPSA) is 81.4 Å². The Hall–Kier alpha value is -4.33. The van der Waals surface area contributed by atoms with Gasteiger partial charge in [-0.15, -0.1) is 10.2 Å². The van der Waals surface area contributed by atoms with Gasteiger partial charge in [0.05, 0.1) is 11.4 Å². The van der Waals surface area contributed by atoms with Crippen LogP contribution >= 0.6 is 0 Å². The van der Waals surface area contributed by atoms with E-state index in [1.165, 1.54) is 24.3 Å². The predicted molar refractivity (Wildman–Crippen MR) is 116 cm³/mol. The summed E-state index contributed by atoms with van der Waals surface area (Å²) in [7, 11) is 0. The number of ether oxygens (including phenoxy) is 1. The molecule has 0 radical (unpaired) electrons. The average Bonchev–Trinajstić information content (AvgIpc) is 3.13. The normalized spacial score (nSPS) is 14.6. The number of carbonyl (C=O) groups is 1. The van der Waals surface area contributed by atoms with Gasteiger partial charge in [-0.2, -0.15) is 0 Å². The molecule has 1 aromatic heterocycles. The van der Waals surface area contributed by atoms with Crippen LogP contribution in [0, 0.1) is 12.7 Å². The van der Waals surface area contributed by atoms with E-state index in [1.807, 2.05) is 66.1 Å². The molecule has 1 N–H and O–H groups in total. The van der Waals surface area contributed by atoms with Gasteiger partial charge >= 0.3 is 6.09 Å². The zero-order valence-electron chi connectivity index (χ0n) is 17.1. The zero-order chi connectivity index (χ0) is 22.1. The number of nitrogens with one attached hydrogen (secondary N) is 1. The fourth-order valence-electron chi connectivity index (χ4n) is 3.65. The van der Waals surface area contributed by atoms with Crippen LogP contribution in [0.3, 0.4) is 0 Å². The third-order valence-electron chi connectivity index (χ3n) is 5.08. The van der Waals surface area contributed by atoms with E-state index in [0.29, 0.717) is 17.4 Å². The van der Waals surface area contributed by atoms with Crippen LogP contribution in [0.1, 0.15) is 28.9 Å². The highest BCUT2D eigenvalue weighted by atomic mass is 19.1. The van der Waals surface area contributed by atoms with E-state index < -0.39 is 18.1 Å². The lowest BCUT2D eigenvalue weighted by Crippen LogP contribution is -2.32. The van der Waals surface area contributed by atoms with Crippen LogP contribution in [0.25, 0.3) is 5.69 Å². The quantitative estimate of drug-likeness (QED) is 0.527. The summed E-state index contributed by atoms with van der Waals surface area (Å²) in [5, 5.41) is 11.2. The minimum Gasteiger partial charge on any atom is -0.410 e. The van der Waals surface area contributed by atoms with Crippen molar-refractivity contribution in [1.29, 1.82) is 0 Å². The first-order valence-corrected chi connectivity index (χ1v) is 9.99. The maximum atomic E-state index is 13.2. The number of nitrogens with zero attached hydrogens (tertiary/aromatic N) is 4. The molecule has 0 bridgehead atoms. The van der Waals surface area contributed by atoms with Gasteiger partial charge in [0.1, 0.15) is 17.4 Å². The third-order valence-corrected chi connectivity index (χ3v) is 5.08. The Bertz CT molecular complexity index is 1320. The molecule has 0 spiro atoms. The van der Waals surface area contributed by atoms with Crippen molar-refractivity contribution in [3.8, 4) is 11.4 Å². The van der Waals surface area contributed by atoms with Gasteiger partial charge in [0.2, 0.25) is 0 Å². The molecule has 1 aliphatic heterocycles. The SMILES string of the molecule is Cc1nnc2n1-c1ccccc1C(c1ccccc1)=NC2NC(=O)Oc1ccc(F)cc1. The van der Waals surface area contributed by atoms with Crippen LogP contribution in [0.4, 0.5) is 9.18 Å². The van der Waals surface area contributed by atoms with E-state index in [1.54, 1.807) is 0 Å². The second-order valence-electron chi connectivity index (χ2n) is 7.19. The standard InChI is InChI=1S/C24H18FN5O2/c1-15-28-29-23-22(27-24(31)32-18-13-11-17(25)12-14-18)26-21(16-7-3-2-4-8-16)19-9-5-6-10-20(19)30(15)23/h2-14,22H,1H3,(H,27,31). The minimum absolute atomic E-state index is 0.214. The van der Waals surface area contributed by atoms with Gasteiger partial charge in [0.15, 0.2) is 12.0 Å². The predicted octanol–water partition coefficient (Wildman–Crippen LogP) is 4.35. The van der Waals surface area contributed by atoms with Gasteiger partial charge < -0.3 is 4.74 Å². The lowest BCUT2D eigenvalue weighted by atomic mass is 10.0. The fraction of sp³-hybridized carbons (Fsp3) is 0.0833. The first-order valence-electron chi connectivity index (χ1n) is 9.99. The highest BCUT2D eigenvalue weighted by molar-refractivity contribution is 6.15. The average molecular weight is 427 g/mol. The van der Waals surface area contributed by atoms with E-state index in [2.05, 4.69) is 15.5 Å². The number of benzene rings is 3. The molecule has 8 heteroatoms. The molecule has 7 nitrogen and oxygen atoms in total. The number of hydrogen-bond acceptors (Lipinski definition) is 5. The first-order chi connectivity index (χ1) is 15.6. The van der Waals surface area contributed by atoms with E-state index >= 15 is 0 Å². The van der Waals surface area contributed by atoms with E-state index in [9.17, 15) is 9.18 Å². The van der Waals surface area contributed by atoms with Crippen LogP contribution in [-0.2, 0) is 0 Å². The molecule has 0 fully saturated rings. The molecule has 5 rings (SSSR count). The summed E-state index contributed by atoms with van der Waals surface area (Å²) < 4.78 is 20.3. The number of carbonyl (C=O) groups excluding carboxylic acids is 1. The fourth-order valence-corrected chi connectivity index (χ4v) is 3.65. The second kappa shape index (κ2) is 8.07. The summed E-state index contributed by atoms with van der Waals surface area (Å²) in [6.07, 6.45) is -1.59. The van der Waals surface area contributed by atoms with E-state index in [-0.39, 0.29) is 5.75 Å². The van der Waals surface area contributed by atoms with Crippen molar-refractivity contribution in [2.24, 2.45) is 4.99 Å². The largest absolute Gasteiger partial charge is 0.414 e. The molecule has 1 amide bonds. The maximum Gasteiger partial charge on any atom is 0.414 e. The monoisotopic (exact) mass is 427 g/mol. The van der Waals surface area contributed by atoms with Crippen LogP contribution < -0.4 is 10.1 Å². The number of aryl methyl sites for hydroxylation is 1. The van der Waals surface area contributed by atoms with Crippen molar-refractivity contribution in [3.63, 3.8) is 0 Å². The smallest absolute Gasteiger partial charge is 0.410 e. The summed E-state index contributed by atoms with van der Waals surface area (Å²) in [6.45, 7) is 1.84. The highest BCUT2D eigenvalue weighted by Crippen LogP contribution is 2.29. The number of para-hydroxylation sites is 1. The Labute approximate surface area is 183 Å². The van der Waals surface area contributed by atoms with Gasteiger partial charge in [-0.05, 0) is 37.3 Å². The summed E-state index contributed by atoms with van der Waals surface area (Å²) in [5.74, 6) is 0.915. The number of amides is 1. The number of fused-ring (bicyclic) bond motifs is 3. The van der Waals surface area contributed by atoms with Crippen LogP contribution in [0.15, 0.2) is 83.9 Å². The van der Waals surface area contributed by atoms with Crippen LogP contribution in [0.2, 0.25) is 0 Å². The molecule has 32 heavy (non-hydrogen) atoms. The molecular weight excluding hydrogens is 409 g/mol. The highest BCUT2D eigenvalue weighted by Gasteiger charge is 2.29. The second-order valence-corrected chi connectivity index (χ2v) is 7.19. The Morgan fingerprint density at radius 3 is 2.47 bits per heavy atom. The van der Waals surface area contributed by atoms with Crippen molar-refractivity contribution < 1.29 is 13.9 Å². The van der Waals surface area contributed by atoms with Crippen LogP contribution in [-0.4, -0.2) is 26.6 Å². The number of halogens is 1. The molecule has 2 heterocycles. The molecule has 0 saturated heterocycles. The summed E-state index contributed by atoms with van der Waals surface area (Å²) in [5.41, 5.74) is 3.36. The number of rotatable bonds is 3. The first kappa shape index (κ1) is 19.6. The molecule has 1 aliphatic rings. The van der Waals surface area contributed by atoms with Crippen molar-refractivity contribution in [2.45, 2.75) is 13.1 Å². The number of hydrogen-bond donors (Lipinski definition) is 1. The maximum absolute atomic E-state index is 13.2. The Morgan fingerprint density at radius 1 is 0.969 bits per heavy atom. The summed E-state index contributed by atoms with van der Waals surface area (Å²) >= 11 is 0. The molecule has 158 valence electrons. The van der Waals surface area contributed by atoms with Gasteiger partial charge in [-0.1, -0.05) is 48.5 Å². The Morgan fingerprint density at radius 2 is 1.69 bits per heavy atom. The lowest BCUT2D eigenvalue weighted by Gasteiger charge is -2.14. The summed E-state index contributed by atoms with van der Waals surface area (Å²) in [4.78, 5) is 17.5. The Balaban J connectivity index is 1.58. The van der Waals surface area contributed by atoms with Crippen molar-refractivity contribution in [2.75, 3.05) is 0 Å². The molecule has 4 aromatic rings. The van der Waals surface area contributed by atoms with Crippen molar-refractivity contribution in [3.05, 3.63) is 107 Å². The van der Waals surface area contributed by atoms with Crippen molar-refractivity contribution >= 4 is 11.8 Å². The minimum atomic E-state index is -0.855. The number of aromatic nitrogens is 3. The van der Waals surface area contributed by atoms with Gasteiger partial charge in [-0.25, -0.2) is 9.18 Å². The van der Waals surface area contributed by atoms with Gasteiger partial charge in [0, 0.05) is 11.1 Å². The van der Waals surface area contributed by atoms with Crippen molar-refractivity contribution in [1.82, 2.24) is 20.1 Å². The third kappa shape index (κ3) is 3.62. The Kier molecular flexibility index (Phi) is 4.95. The molecule has 1 atom stereocenters. The van der Waals surface area contributed by atoms with Gasteiger partial charge in [-0.3, -0.25) is 14.9 Å². The molecule has 0 aliphatic carbocycles. The molecule has 1 unspecified atom stereocenters. The molecule has 3 aromatic carbocycles. The van der Waals surface area contributed by atoms with E-state index in [4.69, 9.17) is 9.73 Å².